The highest BCUT2D eigenvalue weighted by Gasteiger charge is 2.41. The molecule has 13 heavy (non-hydrogen) atoms. The summed E-state index contributed by atoms with van der Waals surface area (Å²) in [5, 5.41) is 9.39. The van der Waals surface area contributed by atoms with Gasteiger partial charge in [0, 0.05) is 0 Å². The molecule has 1 fully saturated rings. The van der Waals surface area contributed by atoms with Crippen molar-refractivity contribution in [2.24, 2.45) is 5.92 Å². The van der Waals surface area contributed by atoms with Gasteiger partial charge in [-0.05, 0) is 37.7 Å². The molecule has 0 heterocycles. The average Bonchev–Trinajstić information content (AvgIpc) is 2.82. The molecule has 0 saturated heterocycles. The van der Waals surface area contributed by atoms with E-state index in [2.05, 4.69) is 31.2 Å². The molecule has 2 rings (SSSR count). The second-order valence-corrected chi connectivity index (χ2v) is 4.16. The number of benzene rings is 1. The summed E-state index contributed by atoms with van der Waals surface area (Å²) >= 11 is 0. The summed E-state index contributed by atoms with van der Waals surface area (Å²) in [6.45, 7) is 4.00. The minimum atomic E-state index is -0.148. The third-order valence-corrected chi connectivity index (χ3v) is 2.93. The van der Waals surface area contributed by atoms with Gasteiger partial charge >= 0.3 is 0 Å². The van der Waals surface area contributed by atoms with E-state index >= 15 is 0 Å². The Kier molecular flexibility index (Phi) is 2.12. The molecule has 3 atom stereocenters. The van der Waals surface area contributed by atoms with Crippen LogP contribution in [0.1, 0.15) is 30.4 Å². The molecule has 1 aliphatic rings. The van der Waals surface area contributed by atoms with Gasteiger partial charge in [-0.2, -0.15) is 0 Å². The van der Waals surface area contributed by atoms with E-state index in [9.17, 15) is 5.11 Å². The van der Waals surface area contributed by atoms with Crippen LogP contribution in [-0.4, -0.2) is 11.2 Å². The first-order chi connectivity index (χ1) is 6.18. The number of hydrogen-bond donors (Lipinski definition) is 1. The topological polar surface area (TPSA) is 20.2 Å². The van der Waals surface area contributed by atoms with Crippen molar-refractivity contribution in [3.05, 3.63) is 35.4 Å². The molecular weight excluding hydrogens is 160 g/mol. The molecule has 1 N–H and O–H groups in total. The van der Waals surface area contributed by atoms with Crippen LogP contribution in [0.5, 0.6) is 0 Å². The minimum absolute atomic E-state index is 0.148. The molecule has 1 aliphatic carbocycles. The van der Waals surface area contributed by atoms with Crippen LogP contribution in [0.4, 0.5) is 0 Å². The average molecular weight is 176 g/mol. The highest BCUT2D eigenvalue weighted by atomic mass is 16.3. The van der Waals surface area contributed by atoms with Crippen LogP contribution < -0.4 is 0 Å². The largest absolute Gasteiger partial charge is 0.393 e. The van der Waals surface area contributed by atoms with Gasteiger partial charge in [-0.1, -0.05) is 29.8 Å². The van der Waals surface area contributed by atoms with E-state index < -0.39 is 0 Å². The number of rotatable bonds is 2. The molecule has 0 amide bonds. The van der Waals surface area contributed by atoms with E-state index in [1.54, 1.807) is 0 Å². The third kappa shape index (κ3) is 1.75. The zero-order valence-corrected chi connectivity index (χ0v) is 8.20. The van der Waals surface area contributed by atoms with E-state index in [-0.39, 0.29) is 6.10 Å². The van der Waals surface area contributed by atoms with Gasteiger partial charge in [0.2, 0.25) is 0 Å². The lowest BCUT2D eigenvalue weighted by Gasteiger charge is -2.03. The molecular formula is C12H16O. The van der Waals surface area contributed by atoms with Gasteiger partial charge in [0.1, 0.15) is 0 Å². The summed E-state index contributed by atoms with van der Waals surface area (Å²) in [5.41, 5.74) is 2.71. The fourth-order valence-corrected chi connectivity index (χ4v) is 2.03. The molecule has 0 aromatic heterocycles. The zero-order chi connectivity index (χ0) is 9.42. The fourth-order valence-electron chi connectivity index (χ4n) is 2.03. The highest BCUT2D eigenvalue weighted by molar-refractivity contribution is 5.30. The van der Waals surface area contributed by atoms with E-state index in [0.717, 1.165) is 6.42 Å². The van der Waals surface area contributed by atoms with Crippen molar-refractivity contribution in [1.29, 1.82) is 0 Å². The molecule has 0 spiro atoms. The van der Waals surface area contributed by atoms with Gasteiger partial charge in [-0.3, -0.25) is 0 Å². The van der Waals surface area contributed by atoms with Crippen LogP contribution in [0.2, 0.25) is 0 Å². The lowest BCUT2D eigenvalue weighted by molar-refractivity contribution is 0.169. The SMILES string of the molecule is Cc1cccc([C@@H]2C[C@@H]2[C@@H](C)O)c1. The first-order valence-corrected chi connectivity index (χ1v) is 4.93. The Hall–Kier alpha value is -0.820. The van der Waals surface area contributed by atoms with E-state index in [0.29, 0.717) is 11.8 Å². The van der Waals surface area contributed by atoms with Crippen LogP contribution in [0.15, 0.2) is 24.3 Å². The maximum Gasteiger partial charge on any atom is 0.0546 e. The van der Waals surface area contributed by atoms with Gasteiger partial charge in [-0.15, -0.1) is 0 Å². The van der Waals surface area contributed by atoms with Gasteiger partial charge in [-0.25, -0.2) is 0 Å². The Bertz CT molecular complexity index is 304. The van der Waals surface area contributed by atoms with Gasteiger partial charge in [0.25, 0.3) is 0 Å². The van der Waals surface area contributed by atoms with Gasteiger partial charge in [0.05, 0.1) is 6.10 Å². The monoisotopic (exact) mass is 176 g/mol. The van der Waals surface area contributed by atoms with Crippen molar-refractivity contribution in [2.75, 3.05) is 0 Å². The molecule has 0 aliphatic heterocycles. The zero-order valence-electron chi connectivity index (χ0n) is 8.20. The van der Waals surface area contributed by atoms with Crippen molar-refractivity contribution in [1.82, 2.24) is 0 Å². The highest BCUT2D eigenvalue weighted by Crippen LogP contribution is 2.49. The van der Waals surface area contributed by atoms with E-state index in [1.807, 2.05) is 6.92 Å². The van der Waals surface area contributed by atoms with E-state index in [4.69, 9.17) is 0 Å². The van der Waals surface area contributed by atoms with Crippen molar-refractivity contribution < 1.29 is 5.11 Å². The predicted octanol–water partition coefficient (Wildman–Crippen LogP) is 2.48. The van der Waals surface area contributed by atoms with Crippen molar-refractivity contribution in [3.8, 4) is 0 Å². The first-order valence-electron chi connectivity index (χ1n) is 4.93. The smallest absolute Gasteiger partial charge is 0.0546 e. The second kappa shape index (κ2) is 3.15. The van der Waals surface area contributed by atoms with Crippen LogP contribution in [0.3, 0.4) is 0 Å². The summed E-state index contributed by atoms with van der Waals surface area (Å²) in [6.07, 6.45) is 1.01. The second-order valence-electron chi connectivity index (χ2n) is 4.16. The Labute approximate surface area is 79.4 Å². The van der Waals surface area contributed by atoms with E-state index in [1.165, 1.54) is 11.1 Å². The van der Waals surface area contributed by atoms with Crippen LogP contribution in [0, 0.1) is 12.8 Å². The normalized spacial score (nSPS) is 28.5. The van der Waals surface area contributed by atoms with Crippen LogP contribution in [-0.2, 0) is 0 Å². The van der Waals surface area contributed by atoms with Gasteiger partial charge < -0.3 is 5.11 Å². The summed E-state index contributed by atoms with van der Waals surface area (Å²) in [6, 6.07) is 8.61. The summed E-state index contributed by atoms with van der Waals surface area (Å²) in [7, 11) is 0. The molecule has 0 unspecified atom stereocenters. The summed E-state index contributed by atoms with van der Waals surface area (Å²) in [4.78, 5) is 0. The maximum absolute atomic E-state index is 9.39. The molecule has 1 aromatic carbocycles. The minimum Gasteiger partial charge on any atom is -0.393 e. The lowest BCUT2D eigenvalue weighted by Crippen LogP contribution is -2.03. The number of aryl methyl sites for hydroxylation is 1. The van der Waals surface area contributed by atoms with Crippen LogP contribution >= 0.6 is 0 Å². The third-order valence-electron chi connectivity index (χ3n) is 2.93. The summed E-state index contributed by atoms with van der Waals surface area (Å²) < 4.78 is 0. The Morgan fingerprint density at radius 2 is 2.23 bits per heavy atom. The fraction of sp³-hybridized carbons (Fsp3) is 0.500. The molecule has 0 radical (unpaired) electrons. The number of aliphatic hydroxyl groups excluding tert-OH is 1. The maximum atomic E-state index is 9.39. The molecule has 70 valence electrons. The standard InChI is InChI=1S/C12H16O/c1-8-4-3-5-10(6-8)12-7-11(12)9(2)13/h3-6,9,11-13H,7H2,1-2H3/t9-,11-,12+/m1/s1. The molecule has 1 nitrogen and oxygen atoms in total. The molecule has 1 saturated carbocycles. The molecule has 0 bridgehead atoms. The number of hydrogen-bond acceptors (Lipinski definition) is 1. The predicted molar refractivity (Wildman–Crippen MR) is 53.7 cm³/mol. The van der Waals surface area contributed by atoms with Crippen LogP contribution in [0.25, 0.3) is 0 Å². The van der Waals surface area contributed by atoms with Crippen molar-refractivity contribution in [2.45, 2.75) is 32.3 Å². The first kappa shape index (κ1) is 8.76. The van der Waals surface area contributed by atoms with Gasteiger partial charge in [0.15, 0.2) is 0 Å². The quantitative estimate of drug-likeness (QED) is 0.734. The number of aliphatic hydroxyl groups is 1. The molecule has 1 heteroatoms. The Morgan fingerprint density at radius 3 is 2.77 bits per heavy atom. The van der Waals surface area contributed by atoms with Crippen molar-refractivity contribution >= 4 is 0 Å². The molecule has 1 aromatic rings. The summed E-state index contributed by atoms with van der Waals surface area (Å²) in [5.74, 6) is 1.11. The Morgan fingerprint density at radius 1 is 1.46 bits per heavy atom. The Balaban J connectivity index is 2.12. The lowest BCUT2D eigenvalue weighted by atomic mass is 10.1. The van der Waals surface area contributed by atoms with Crippen molar-refractivity contribution in [3.63, 3.8) is 0 Å².